The molecule has 0 bridgehead atoms. The molecule has 1 aliphatic rings. The van der Waals surface area contributed by atoms with E-state index in [0.717, 1.165) is 24.8 Å². The van der Waals surface area contributed by atoms with Gasteiger partial charge in [0.25, 0.3) is 5.91 Å². The van der Waals surface area contributed by atoms with Crippen LogP contribution in [0.1, 0.15) is 39.9 Å². The lowest BCUT2D eigenvalue weighted by molar-refractivity contribution is -0.138. The molecular weight excluding hydrogens is 366 g/mol. The molecule has 6 nitrogen and oxygen atoms in total. The number of carbonyl (C=O) groups is 2. The van der Waals surface area contributed by atoms with Crippen molar-refractivity contribution >= 4 is 23.4 Å². The lowest BCUT2D eigenvalue weighted by atomic mass is 9.82. The average molecular weight is 389 g/mol. The third-order valence-corrected chi connectivity index (χ3v) is 5.04. The molecule has 2 aromatic rings. The van der Waals surface area contributed by atoms with Crippen molar-refractivity contribution in [2.45, 2.75) is 25.7 Å². The third-order valence-electron chi connectivity index (χ3n) is 5.04. The van der Waals surface area contributed by atoms with Gasteiger partial charge in [0.15, 0.2) is 0 Å². The number of amidine groups is 1. The Balaban J connectivity index is 1.68. The van der Waals surface area contributed by atoms with Crippen molar-refractivity contribution in [1.82, 2.24) is 0 Å². The average Bonchev–Trinajstić information content (AvgIpc) is 2.71. The number of carboxylic acids is 1. The van der Waals surface area contributed by atoms with Gasteiger partial charge in [-0.3, -0.25) is 14.6 Å². The van der Waals surface area contributed by atoms with Crippen LogP contribution in [-0.4, -0.2) is 29.4 Å². The van der Waals surface area contributed by atoms with Crippen LogP contribution >= 0.6 is 0 Å². The maximum absolute atomic E-state index is 12.6. The molecule has 0 saturated carbocycles. The molecule has 3 rings (SSSR count). The molecule has 0 aliphatic heterocycles. The van der Waals surface area contributed by atoms with Crippen LogP contribution in [0.15, 0.2) is 47.5 Å². The van der Waals surface area contributed by atoms with Gasteiger partial charge in [-0.25, -0.2) is 0 Å². The second-order valence-electron chi connectivity index (χ2n) is 7.13. The van der Waals surface area contributed by atoms with Crippen LogP contribution in [0, 0.1) is 18.3 Å². The summed E-state index contributed by atoms with van der Waals surface area (Å²) in [5.74, 6) is 1.88. The zero-order valence-electron chi connectivity index (χ0n) is 16.0. The summed E-state index contributed by atoms with van der Waals surface area (Å²) < 4.78 is 0. The number of anilines is 1. The highest BCUT2D eigenvalue weighted by molar-refractivity contribution is 6.05. The van der Waals surface area contributed by atoms with Gasteiger partial charge in [0.1, 0.15) is 12.4 Å². The van der Waals surface area contributed by atoms with Gasteiger partial charge in [-0.1, -0.05) is 24.1 Å². The number of hydrogen-bond acceptors (Lipinski definition) is 3. The summed E-state index contributed by atoms with van der Waals surface area (Å²) in [4.78, 5) is 27.6. The quantitative estimate of drug-likeness (QED) is 0.401. The fourth-order valence-electron chi connectivity index (χ4n) is 3.55. The number of terminal acetylenes is 1. The number of amides is 1. The molecule has 0 radical (unpaired) electrons. The fourth-order valence-corrected chi connectivity index (χ4v) is 3.55. The Labute approximate surface area is 169 Å². The van der Waals surface area contributed by atoms with Crippen LogP contribution in [0.2, 0.25) is 0 Å². The molecule has 1 amide bonds. The van der Waals surface area contributed by atoms with Gasteiger partial charge >= 0.3 is 5.97 Å². The second-order valence-corrected chi connectivity index (χ2v) is 7.13. The number of nitrogens with one attached hydrogen (secondary N) is 1. The summed E-state index contributed by atoms with van der Waals surface area (Å²) in [5.41, 5.74) is 10.1. The zero-order valence-corrected chi connectivity index (χ0v) is 16.0. The highest BCUT2D eigenvalue weighted by atomic mass is 16.4. The van der Waals surface area contributed by atoms with E-state index < -0.39 is 5.97 Å². The summed E-state index contributed by atoms with van der Waals surface area (Å²) >= 11 is 0. The Bertz CT molecular complexity index is 987. The first-order valence-corrected chi connectivity index (χ1v) is 9.45. The number of benzene rings is 2. The van der Waals surface area contributed by atoms with Crippen molar-refractivity contribution in [3.05, 3.63) is 64.7 Å². The van der Waals surface area contributed by atoms with Gasteiger partial charge in [-0.05, 0) is 60.6 Å². The smallest absolute Gasteiger partial charge is 0.303 e. The Morgan fingerprint density at radius 3 is 2.59 bits per heavy atom. The molecule has 29 heavy (non-hydrogen) atoms. The topological polar surface area (TPSA) is 105 Å². The zero-order chi connectivity index (χ0) is 20.8. The largest absolute Gasteiger partial charge is 0.481 e. The number of nitrogens with two attached hydrogens (primary N) is 1. The Hall–Kier alpha value is -3.59. The van der Waals surface area contributed by atoms with Gasteiger partial charge < -0.3 is 16.2 Å². The lowest BCUT2D eigenvalue weighted by Crippen LogP contribution is -2.18. The van der Waals surface area contributed by atoms with Crippen LogP contribution in [0.5, 0.6) is 0 Å². The molecule has 6 heteroatoms. The molecule has 0 heterocycles. The summed E-state index contributed by atoms with van der Waals surface area (Å²) in [6.07, 6.45) is 7.81. The highest BCUT2D eigenvalue weighted by Crippen LogP contribution is 2.29. The number of carboxylic acid groups (broad SMARTS) is 1. The van der Waals surface area contributed by atoms with Crippen molar-refractivity contribution in [2.75, 3.05) is 11.9 Å². The normalized spacial score (nSPS) is 15.8. The number of hydrogen-bond donors (Lipinski definition) is 3. The Morgan fingerprint density at radius 2 is 1.90 bits per heavy atom. The van der Waals surface area contributed by atoms with E-state index in [4.69, 9.17) is 17.3 Å². The molecule has 0 aromatic heterocycles. The summed E-state index contributed by atoms with van der Waals surface area (Å²) in [7, 11) is 0. The van der Waals surface area contributed by atoms with Gasteiger partial charge in [0.2, 0.25) is 0 Å². The number of rotatable bonds is 6. The first-order chi connectivity index (χ1) is 14.0. The van der Waals surface area contributed by atoms with Crippen molar-refractivity contribution in [3.63, 3.8) is 0 Å². The number of aliphatic imine (C=N–C) groups is 1. The monoisotopic (exact) mass is 389 g/mol. The number of nitrogens with zero attached hydrogens (tertiary/aromatic N) is 1. The summed E-state index contributed by atoms with van der Waals surface area (Å²) in [6.45, 7) is 0.208. The molecule has 148 valence electrons. The van der Waals surface area contributed by atoms with Crippen LogP contribution in [0.4, 0.5) is 5.69 Å². The van der Waals surface area contributed by atoms with Gasteiger partial charge in [-0.2, -0.15) is 0 Å². The minimum absolute atomic E-state index is 0.139. The van der Waals surface area contributed by atoms with Gasteiger partial charge in [0, 0.05) is 23.2 Å². The van der Waals surface area contributed by atoms with Crippen LogP contribution in [0.3, 0.4) is 0 Å². The van der Waals surface area contributed by atoms with E-state index in [0.29, 0.717) is 22.6 Å². The molecule has 0 spiro atoms. The number of aliphatic carboxylic acids is 1. The molecule has 1 aliphatic carbocycles. The van der Waals surface area contributed by atoms with E-state index in [9.17, 15) is 9.59 Å². The predicted molar refractivity (Wildman–Crippen MR) is 113 cm³/mol. The molecule has 0 fully saturated rings. The van der Waals surface area contributed by atoms with Gasteiger partial charge in [-0.15, -0.1) is 6.42 Å². The summed E-state index contributed by atoms with van der Waals surface area (Å²) in [5, 5.41) is 11.9. The molecule has 1 unspecified atom stereocenters. The van der Waals surface area contributed by atoms with Crippen molar-refractivity contribution in [3.8, 4) is 12.3 Å². The Morgan fingerprint density at radius 1 is 1.17 bits per heavy atom. The lowest BCUT2D eigenvalue weighted by Gasteiger charge is -2.24. The van der Waals surface area contributed by atoms with Crippen LogP contribution < -0.4 is 11.1 Å². The van der Waals surface area contributed by atoms with E-state index in [2.05, 4.69) is 16.2 Å². The Kier molecular flexibility index (Phi) is 6.30. The molecule has 4 N–H and O–H groups in total. The molecule has 2 aromatic carbocycles. The van der Waals surface area contributed by atoms with Crippen LogP contribution in [0.25, 0.3) is 0 Å². The highest BCUT2D eigenvalue weighted by Gasteiger charge is 2.21. The van der Waals surface area contributed by atoms with Crippen LogP contribution in [-0.2, 0) is 17.6 Å². The number of fused-ring (bicyclic) bond motifs is 1. The minimum atomic E-state index is -0.767. The van der Waals surface area contributed by atoms with E-state index in [-0.39, 0.29) is 24.8 Å². The molecular formula is C23H23N3O3. The maximum atomic E-state index is 12.6. The van der Waals surface area contributed by atoms with E-state index in [1.54, 1.807) is 24.3 Å². The maximum Gasteiger partial charge on any atom is 0.303 e. The first kappa shape index (κ1) is 20.2. The number of carbonyl (C=O) groups excluding carboxylic acids is 1. The second kappa shape index (κ2) is 9.07. The van der Waals surface area contributed by atoms with Crippen molar-refractivity contribution < 1.29 is 14.7 Å². The predicted octanol–water partition coefficient (Wildman–Crippen LogP) is 2.86. The minimum Gasteiger partial charge on any atom is -0.481 e. The van der Waals surface area contributed by atoms with E-state index in [1.807, 2.05) is 18.2 Å². The fraction of sp³-hybridized carbons (Fsp3) is 0.261. The first-order valence-electron chi connectivity index (χ1n) is 9.45. The van der Waals surface area contributed by atoms with E-state index in [1.165, 1.54) is 5.56 Å². The summed E-state index contributed by atoms with van der Waals surface area (Å²) in [6, 6.07) is 12.7. The number of aryl methyl sites for hydroxylation is 1. The molecule has 0 saturated heterocycles. The SMILES string of the molecule is C#CCN=C(N)c1ccc(C(=O)Nc2ccc3c(c2)CC(CC(=O)O)CC3)cc1. The van der Waals surface area contributed by atoms with Crippen molar-refractivity contribution in [2.24, 2.45) is 16.6 Å². The van der Waals surface area contributed by atoms with Gasteiger partial charge in [0.05, 0.1) is 0 Å². The molecule has 1 atom stereocenters. The standard InChI is InChI=1S/C23H23N3O3/c1-2-11-25-22(24)17-5-7-18(8-6-17)23(29)26-20-10-9-16-4-3-15(13-21(27)28)12-19(16)14-20/h1,5-10,14-15H,3-4,11-13H2,(H2,24,25)(H,26,29)(H,27,28). The third kappa shape index (κ3) is 5.23. The van der Waals surface area contributed by atoms with E-state index >= 15 is 0 Å². The van der Waals surface area contributed by atoms with Crippen molar-refractivity contribution in [1.29, 1.82) is 0 Å².